The SMILES string of the molecule is CC(C)COc1ccc(CN2CCC(=O)NC2=S)cc1. The molecule has 2 rings (SSSR count). The topological polar surface area (TPSA) is 41.6 Å². The lowest BCUT2D eigenvalue weighted by Crippen LogP contribution is -2.48. The smallest absolute Gasteiger partial charge is 0.227 e. The van der Waals surface area contributed by atoms with Crippen molar-refractivity contribution in [1.29, 1.82) is 0 Å². The molecule has 1 saturated heterocycles. The van der Waals surface area contributed by atoms with Gasteiger partial charge in [-0.1, -0.05) is 26.0 Å². The van der Waals surface area contributed by atoms with E-state index in [0.717, 1.165) is 17.9 Å². The van der Waals surface area contributed by atoms with Gasteiger partial charge >= 0.3 is 0 Å². The van der Waals surface area contributed by atoms with E-state index in [1.165, 1.54) is 0 Å². The summed E-state index contributed by atoms with van der Waals surface area (Å²) in [6.07, 6.45) is 0.496. The van der Waals surface area contributed by atoms with E-state index < -0.39 is 0 Å². The molecule has 0 spiro atoms. The van der Waals surface area contributed by atoms with Crippen LogP contribution in [0.3, 0.4) is 0 Å². The number of carbonyl (C=O) groups excluding carboxylic acids is 1. The first-order valence-corrected chi connectivity index (χ1v) is 7.26. The first-order chi connectivity index (χ1) is 9.54. The fraction of sp³-hybridized carbons (Fsp3) is 0.467. The molecule has 0 unspecified atom stereocenters. The lowest BCUT2D eigenvalue weighted by Gasteiger charge is -2.29. The minimum atomic E-state index is 0.00341. The van der Waals surface area contributed by atoms with Gasteiger partial charge in [0.25, 0.3) is 0 Å². The molecular formula is C15H20N2O2S. The number of amides is 1. The summed E-state index contributed by atoms with van der Waals surface area (Å²) >= 11 is 5.17. The number of rotatable bonds is 5. The van der Waals surface area contributed by atoms with E-state index in [4.69, 9.17) is 17.0 Å². The summed E-state index contributed by atoms with van der Waals surface area (Å²) in [5.41, 5.74) is 1.15. The van der Waals surface area contributed by atoms with Gasteiger partial charge in [0, 0.05) is 19.5 Å². The molecular weight excluding hydrogens is 272 g/mol. The fourth-order valence-electron chi connectivity index (χ4n) is 1.92. The van der Waals surface area contributed by atoms with Gasteiger partial charge < -0.3 is 15.0 Å². The lowest BCUT2D eigenvalue weighted by atomic mass is 10.2. The van der Waals surface area contributed by atoms with Crippen molar-refractivity contribution in [1.82, 2.24) is 10.2 Å². The Bertz CT molecular complexity index is 485. The van der Waals surface area contributed by atoms with Crippen LogP contribution in [0.15, 0.2) is 24.3 Å². The van der Waals surface area contributed by atoms with Crippen LogP contribution >= 0.6 is 12.2 Å². The summed E-state index contributed by atoms with van der Waals surface area (Å²) in [6.45, 7) is 6.36. The van der Waals surface area contributed by atoms with E-state index in [-0.39, 0.29) is 5.91 Å². The molecule has 108 valence electrons. The third-order valence-corrected chi connectivity index (χ3v) is 3.38. The standard InChI is InChI=1S/C15H20N2O2S/c1-11(2)10-19-13-5-3-12(4-6-13)9-17-8-7-14(18)16-15(17)20/h3-6,11H,7-10H2,1-2H3,(H,16,18,20). The minimum Gasteiger partial charge on any atom is -0.493 e. The Kier molecular flexibility index (Phi) is 4.95. The van der Waals surface area contributed by atoms with Crippen LogP contribution in [0.5, 0.6) is 5.75 Å². The molecule has 0 radical (unpaired) electrons. The number of hydrogen-bond donors (Lipinski definition) is 1. The zero-order valence-electron chi connectivity index (χ0n) is 11.9. The molecule has 1 aromatic rings. The Hall–Kier alpha value is -1.62. The zero-order chi connectivity index (χ0) is 14.5. The average molecular weight is 292 g/mol. The number of benzene rings is 1. The Morgan fingerprint density at radius 2 is 2.05 bits per heavy atom. The molecule has 0 bridgehead atoms. The van der Waals surface area contributed by atoms with Crippen molar-refractivity contribution in [3.63, 3.8) is 0 Å². The first kappa shape index (κ1) is 14.8. The molecule has 1 aliphatic heterocycles. The van der Waals surface area contributed by atoms with Crippen LogP contribution < -0.4 is 10.1 Å². The zero-order valence-corrected chi connectivity index (χ0v) is 12.7. The Morgan fingerprint density at radius 1 is 1.35 bits per heavy atom. The van der Waals surface area contributed by atoms with E-state index in [9.17, 15) is 4.79 Å². The van der Waals surface area contributed by atoms with Gasteiger partial charge in [-0.3, -0.25) is 4.79 Å². The molecule has 5 heteroatoms. The van der Waals surface area contributed by atoms with Crippen LogP contribution in [0.2, 0.25) is 0 Å². The van der Waals surface area contributed by atoms with Crippen LogP contribution in [0.4, 0.5) is 0 Å². The molecule has 1 aromatic carbocycles. The summed E-state index contributed by atoms with van der Waals surface area (Å²) < 4.78 is 5.65. The molecule has 1 fully saturated rings. The van der Waals surface area contributed by atoms with E-state index >= 15 is 0 Å². The Balaban J connectivity index is 1.90. The summed E-state index contributed by atoms with van der Waals surface area (Å²) in [7, 11) is 0. The van der Waals surface area contributed by atoms with Gasteiger partial charge in [-0.15, -0.1) is 0 Å². The van der Waals surface area contributed by atoms with Crippen LogP contribution in [0, 0.1) is 5.92 Å². The first-order valence-electron chi connectivity index (χ1n) is 6.85. The van der Waals surface area contributed by atoms with Gasteiger partial charge in [0.05, 0.1) is 6.61 Å². The Labute approximate surface area is 125 Å². The van der Waals surface area contributed by atoms with Crippen molar-refractivity contribution in [2.45, 2.75) is 26.8 Å². The fourth-order valence-corrected chi connectivity index (χ4v) is 2.19. The largest absolute Gasteiger partial charge is 0.493 e. The molecule has 0 aliphatic carbocycles. The lowest BCUT2D eigenvalue weighted by molar-refractivity contribution is -0.120. The van der Waals surface area contributed by atoms with Crippen LogP contribution in [-0.2, 0) is 11.3 Å². The second-order valence-electron chi connectivity index (χ2n) is 5.37. The van der Waals surface area contributed by atoms with Gasteiger partial charge in [0.1, 0.15) is 5.75 Å². The molecule has 1 heterocycles. The van der Waals surface area contributed by atoms with Crippen molar-refractivity contribution in [2.24, 2.45) is 5.92 Å². The third-order valence-electron chi connectivity index (χ3n) is 3.02. The number of hydrogen-bond acceptors (Lipinski definition) is 3. The molecule has 0 atom stereocenters. The summed E-state index contributed by atoms with van der Waals surface area (Å²) in [5, 5.41) is 3.20. The predicted molar refractivity (Wildman–Crippen MR) is 82.5 cm³/mol. The Morgan fingerprint density at radius 3 is 2.65 bits per heavy atom. The highest BCUT2D eigenvalue weighted by Gasteiger charge is 2.19. The second-order valence-corrected chi connectivity index (χ2v) is 5.76. The van der Waals surface area contributed by atoms with E-state index in [1.54, 1.807) is 0 Å². The molecule has 1 aliphatic rings. The van der Waals surface area contributed by atoms with E-state index in [2.05, 4.69) is 19.2 Å². The highest BCUT2D eigenvalue weighted by molar-refractivity contribution is 7.80. The van der Waals surface area contributed by atoms with Gasteiger partial charge in [0.2, 0.25) is 5.91 Å². The molecule has 1 N–H and O–H groups in total. The quantitative estimate of drug-likeness (QED) is 0.846. The molecule has 4 nitrogen and oxygen atoms in total. The minimum absolute atomic E-state index is 0.00341. The normalized spacial score (nSPS) is 15.4. The molecule has 20 heavy (non-hydrogen) atoms. The van der Waals surface area contributed by atoms with Crippen LogP contribution in [-0.4, -0.2) is 29.1 Å². The number of carbonyl (C=O) groups is 1. The average Bonchev–Trinajstić information content (AvgIpc) is 2.41. The number of ether oxygens (including phenoxy) is 1. The highest BCUT2D eigenvalue weighted by atomic mass is 32.1. The van der Waals surface area contributed by atoms with Crippen molar-refractivity contribution in [3.8, 4) is 5.75 Å². The summed E-state index contributed by atoms with van der Waals surface area (Å²) in [4.78, 5) is 13.2. The van der Waals surface area contributed by atoms with Crippen molar-refractivity contribution in [2.75, 3.05) is 13.2 Å². The van der Waals surface area contributed by atoms with Gasteiger partial charge in [-0.2, -0.15) is 0 Å². The molecule has 1 amide bonds. The monoisotopic (exact) mass is 292 g/mol. The maximum atomic E-state index is 11.2. The maximum absolute atomic E-state index is 11.2. The third kappa shape index (κ3) is 4.20. The summed E-state index contributed by atoms with van der Waals surface area (Å²) in [5.74, 6) is 1.41. The van der Waals surface area contributed by atoms with Crippen molar-refractivity contribution < 1.29 is 9.53 Å². The van der Waals surface area contributed by atoms with Crippen molar-refractivity contribution >= 4 is 23.2 Å². The van der Waals surface area contributed by atoms with Gasteiger partial charge in [0.15, 0.2) is 5.11 Å². The molecule has 0 saturated carbocycles. The second kappa shape index (κ2) is 6.70. The van der Waals surface area contributed by atoms with E-state index in [1.807, 2.05) is 29.2 Å². The van der Waals surface area contributed by atoms with E-state index in [0.29, 0.717) is 30.5 Å². The predicted octanol–water partition coefficient (Wildman–Crippen LogP) is 2.33. The van der Waals surface area contributed by atoms with Gasteiger partial charge in [-0.25, -0.2) is 0 Å². The number of nitrogens with one attached hydrogen (secondary N) is 1. The number of thiocarbonyl (C=S) groups is 1. The highest BCUT2D eigenvalue weighted by Crippen LogP contribution is 2.15. The molecule has 0 aromatic heterocycles. The van der Waals surface area contributed by atoms with Crippen molar-refractivity contribution in [3.05, 3.63) is 29.8 Å². The maximum Gasteiger partial charge on any atom is 0.227 e. The number of nitrogens with zero attached hydrogens (tertiary/aromatic N) is 1. The van der Waals surface area contributed by atoms with Crippen LogP contribution in [0.1, 0.15) is 25.8 Å². The van der Waals surface area contributed by atoms with Crippen LogP contribution in [0.25, 0.3) is 0 Å². The van der Waals surface area contributed by atoms with Gasteiger partial charge in [-0.05, 0) is 35.8 Å². The summed E-state index contributed by atoms with van der Waals surface area (Å²) in [6, 6.07) is 8.02.